The Morgan fingerprint density at radius 3 is 2.74 bits per heavy atom. The second kappa shape index (κ2) is 12.6. The summed E-state index contributed by atoms with van der Waals surface area (Å²) >= 11 is 0. The van der Waals surface area contributed by atoms with E-state index in [1.165, 1.54) is 36.7 Å². The Labute approximate surface area is 304 Å². The van der Waals surface area contributed by atoms with Crippen molar-refractivity contribution < 1.29 is 42.9 Å². The number of fused-ring (bicyclic) bond motifs is 6. The molecule has 1 amide bonds. The van der Waals surface area contributed by atoms with Crippen LogP contribution >= 0.6 is 0 Å². The van der Waals surface area contributed by atoms with Gasteiger partial charge in [0.2, 0.25) is 0 Å². The molecule has 1 aromatic heterocycles. The van der Waals surface area contributed by atoms with Crippen LogP contribution in [0.25, 0.3) is 10.8 Å². The number of alkyl halides is 1. The van der Waals surface area contributed by atoms with E-state index in [-0.39, 0.29) is 29.4 Å². The van der Waals surface area contributed by atoms with Crippen LogP contribution in [0.5, 0.6) is 0 Å². The largest absolute Gasteiger partial charge is 0.454 e. The van der Waals surface area contributed by atoms with Gasteiger partial charge in [0, 0.05) is 63.9 Å². The molecule has 3 N–H and O–H groups in total. The quantitative estimate of drug-likeness (QED) is 0.242. The molecule has 53 heavy (non-hydrogen) atoms. The number of Topliss-reactive ketones (excluding diaryl/α,β-unsaturated/α-hetero) is 1. The molecule has 2 aromatic carbocycles. The highest BCUT2D eigenvalue weighted by atomic mass is 19.1. The molecule has 0 bridgehead atoms. The summed E-state index contributed by atoms with van der Waals surface area (Å²) in [6.07, 6.45) is 8.78. The Morgan fingerprint density at radius 2 is 1.94 bits per heavy atom. The minimum absolute atomic E-state index is 0.0401. The van der Waals surface area contributed by atoms with Crippen molar-refractivity contribution in [1.82, 2.24) is 4.98 Å². The summed E-state index contributed by atoms with van der Waals surface area (Å²) in [5.41, 5.74) is -2.45. The average Bonchev–Trinajstić information content (AvgIpc) is 3.91. The highest BCUT2D eigenvalue weighted by molar-refractivity contribution is 6.09. The molecule has 2 unspecified atom stereocenters. The van der Waals surface area contributed by atoms with Crippen molar-refractivity contribution >= 4 is 39.9 Å². The van der Waals surface area contributed by atoms with Crippen LogP contribution in [0.4, 0.5) is 14.5 Å². The summed E-state index contributed by atoms with van der Waals surface area (Å²) in [5, 5.41) is 26.1. The molecule has 1 heterocycles. The number of carbonyl (C=O) groups excluding carboxylic acids is 4. The number of rotatable bonds is 8. The van der Waals surface area contributed by atoms with Gasteiger partial charge >= 0.3 is 5.97 Å². The number of halogens is 2. The van der Waals surface area contributed by atoms with Crippen LogP contribution < -0.4 is 5.32 Å². The number of allylic oxidation sites excluding steroid dienone is 5. The molecular formula is C42H40F2N2O7. The number of benzene rings is 2. The van der Waals surface area contributed by atoms with Gasteiger partial charge < -0.3 is 20.3 Å². The third-order valence-corrected chi connectivity index (χ3v) is 13.0. The summed E-state index contributed by atoms with van der Waals surface area (Å²) in [5.74, 6) is -4.88. The van der Waals surface area contributed by atoms with Gasteiger partial charge in [-0.2, -0.15) is 0 Å². The summed E-state index contributed by atoms with van der Waals surface area (Å²) < 4.78 is 38.1. The zero-order valence-corrected chi connectivity index (χ0v) is 29.4. The smallest absolute Gasteiger partial charge is 0.338 e. The van der Waals surface area contributed by atoms with Gasteiger partial charge in [-0.3, -0.25) is 19.4 Å². The molecule has 8 rings (SSSR count). The van der Waals surface area contributed by atoms with Gasteiger partial charge in [-0.1, -0.05) is 42.8 Å². The van der Waals surface area contributed by atoms with Crippen LogP contribution in [-0.2, 0) is 19.1 Å². The van der Waals surface area contributed by atoms with Gasteiger partial charge in [0.25, 0.3) is 5.91 Å². The zero-order valence-electron chi connectivity index (χ0n) is 29.4. The monoisotopic (exact) mass is 722 g/mol. The Kier molecular flexibility index (Phi) is 8.38. The first-order valence-corrected chi connectivity index (χ1v) is 18.1. The van der Waals surface area contributed by atoms with E-state index in [2.05, 4.69) is 10.3 Å². The topological polar surface area (TPSA) is 143 Å². The van der Waals surface area contributed by atoms with Crippen molar-refractivity contribution in [2.75, 3.05) is 18.5 Å². The van der Waals surface area contributed by atoms with Crippen LogP contribution in [0.2, 0.25) is 0 Å². The average molecular weight is 723 g/mol. The first-order chi connectivity index (χ1) is 25.3. The van der Waals surface area contributed by atoms with E-state index in [0.29, 0.717) is 46.7 Å². The van der Waals surface area contributed by atoms with Crippen molar-refractivity contribution in [1.29, 1.82) is 0 Å². The zero-order chi connectivity index (χ0) is 37.4. The third-order valence-electron chi connectivity index (χ3n) is 13.0. The fourth-order valence-corrected chi connectivity index (χ4v) is 10.5. The number of aromatic nitrogens is 1. The number of nitrogens with zero attached hydrogens (tertiary/aromatic N) is 1. The minimum atomic E-state index is -2.09. The molecule has 0 radical (unpaired) electrons. The van der Waals surface area contributed by atoms with Crippen LogP contribution in [0, 0.1) is 40.3 Å². The SMILES string of the molecule is C[C@@H]1C[C@H]2C3CCC4=CC(=O)C=C[C@]4(C)[C@@]3(F)C(O)C[C@]2(CO)[C@H]1C(=O)COC(=O)c1cccc([C@@H]2C=C2C(=O)Nc2ccc3cnccc3c2F)c1. The number of esters is 1. The molecule has 5 aliphatic rings. The second-order valence-electron chi connectivity index (χ2n) is 15.7. The number of aliphatic hydroxyl groups excluding tert-OH is 2. The minimum Gasteiger partial charge on any atom is -0.454 e. The molecule has 3 aromatic rings. The first-order valence-electron chi connectivity index (χ1n) is 18.1. The lowest BCUT2D eigenvalue weighted by molar-refractivity contribution is -0.206. The van der Waals surface area contributed by atoms with E-state index in [9.17, 15) is 29.4 Å². The van der Waals surface area contributed by atoms with Crippen molar-refractivity contribution in [2.45, 2.75) is 57.2 Å². The van der Waals surface area contributed by atoms with Crippen LogP contribution in [-0.4, -0.2) is 63.6 Å². The summed E-state index contributed by atoms with van der Waals surface area (Å²) in [7, 11) is 0. The standard InChI is InChI=1S/C42H40F2N2O7/c1-22-14-32-31-8-7-26-16-27(48)10-12-40(26,2)42(31,44)35(50)18-41(32,21-47)36(22)34(49)20-53-39(52)24-5-3-4-23(15-24)29-17-30(29)38(51)46-33-9-6-25-19-45-13-11-28(25)37(33)43/h3-6,9-13,15-17,19,22,29,31-32,35-36,47,50H,7-8,14,18,20-21H2,1-2H3,(H,46,51)/t22-,29+,31?,32+,35?,36-,40+,41-,42+/m1/s1. The van der Waals surface area contributed by atoms with Gasteiger partial charge in [0.15, 0.2) is 29.7 Å². The maximum Gasteiger partial charge on any atom is 0.338 e. The fraction of sp³-hybridized carbons (Fsp3) is 0.405. The van der Waals surface area contributed by atoms with Crippen LogP contribution in [0.1, 0.15) is 61.4 Å². The second-order valence-corrected chi connectivity index (χ2v) is 15.7. The number of amides is 1. The van der Waals surface area contributed by atoms with E-state index in [0.717, 1.165) is 0 Å². The summed E-state index contributed by atoms with van der Waals surface area (Å²) in [6.45, 7) is 2.61. The number of hydrogen-bond donors (Lipinski definition) is 3. The maximum atomic E-state index is 17.5. The predicted octanol–water partition coefficient (Wildman–Crippen LogP) is 5.97. The molecular weight excluding hydrogens is 682 g/mol. The van der Waals surface area contributed by atoms with E-state index in [4.69, 9.17) is 4.74 Å². The van der Waals surface area contributed by atoms with E-state index >= 15 is 8.78 Å². The number of nitrogens with one attached hydrogen (secondary N) is 1. The Bertz CT molecular complexity index is 2180. The van der Waals surface area contributed by atoms with Crippen molar-refractivity contribution in [3.05, 3.63) is 107 Å². The Morgan fingerprint density at radius 1 is 1.13 bits per heavy atom. The summed E-state index contributed by atoms with van der Waals surface area (Å²) in [4.78, 5) is 56.3. The molecule has 0 aliphatic heterocycles. The molecule has 5 aliphatic carbocycles. The van der Waals surface area contributed by atoms with Crippen LogP contribution in [0.15, 0.2) is 90.3 Å². The Balaban J connectivity index is 0.933. The van der Waals surface area contributed by atoms with Crippen molar-refractivity contribution in [3.8, 4) is 0 Å². The van der Waals surface area contributed by atoms with E-state index < -0.39 is 83.0 Å². The lowest BCUT2D eigenvalue weighted by Crippen LogP contribution is -2.67. The van der Waals surface area contributed by atoms with Gasteiger partial charge in [-0.15, -0.1) is 0 Å². The van der Waals surface area contributed by atoms with Crippen LogP contribution in [0.3, 0.4) is 0 Å². The number of pyridine rings is 1. The Hall–Kier alpha value is -4.87. The number of hydrogen-bond acceptors (Lipinski definition) is 8. The number of carbonyl (C=O) groups is 4. The molecule has 9 atom stereocenters. The number of anilines is 1. The molecule has 3 saturated carbocycles. The van der Waals surface area contributed by atoms with E-state index in [1.54, 1.807) is 49.4 Å². The highest BCUT2D eigenvalue weighted by Gasteiger charge is 2.72. The first kappa shape index (κ1) is 35.2. The van der Waals surface area contributed by atoms with Gasteiger partial charge in [-0.05, 0) is 86.4 Å². The maximum absolute atomic E-state index is 17.5. The van der Waals surface area contributed by atoms with Crippen molar-refractivity contribution in [3.63, 3.8) is 0 Å². The lowest BCUT2D eigenvalue weighted by atomic mass is 9.45. The number of ether oxygens (including phenoxy) is 1. The molecule has 0 saturated heterocycles. The lowest BCUT2D eigenvalue weighted by Gasteiger charge is -2.62. The summed E-state index contributed by atoms with van der Waals surface area (Å²) in [6, 6.07) is 11.2. The normalized spacial score (nSPS) is 34.0. The molecule has 3 fully saturated rings. The van der Waals surface area contributed by atoms with Gasteiger partial charge in [0.1, 0.15) is 0 Å². The van der Waals surface area contributed by atoms with E-state index in [1.807, 2.05) is 6.92 Å². The van der Waals surface area contributed by atoms with Gasteiger partial charge in [-0.25, -0.2) is 13.6 Å². The molecule has 9 nitrogen and oxygen atoms in total. The molecule has 0 spiro atoms. The number of aliphatic hydroxyl groups is 2. The fourth-order valence-electron chi connectivity index (χ4n) is 10.5. The van der Waals surface area contributed by atoms with Gasteiger partial charge in [0.05, 0.1) is 17.4 Å². The molecule has 11 heteroatoms. The third kappa shape index (κ3) is 5.34. The van der Waals surface area contributed by atoms with Crippen molar-refractivity contribution in [2.24, 2.45) is 34.5 Å². The molecule has 274 valence electrons. The predicted molar refractivity (Wildman–Crippen MR) is 191 cm³/mol. The highest BCUT2D eigenvalue weighted by Crippen LogP contribution is 2.69. The number of ketones is 2.